The lowest BCUT2D eigenvalue weighted by Gasteiger charge is -2.13. The van der Waals surface area contributed by atoms with E-state index in [1.165, 1.54) is 0 Å². The van der Waals surface area contributed by atoms with Crippen molar-refractivity contribution in [3.8, 4) is 0 Å². The minimum atomic E-state index is -0.485. The predicted molar refractivity (Wildman–Crippen MR) is 158 cm³/mol. The van der Waals surface area contributed by atoms with Gasteiger partial charge in [0.25, 0.3) is 11.1 Å². The summed E-state index contributed by atoms with van der Waals surface area (Å²) >= 11 is 7.23. The molecule has 5 aromatic rings. The first-order valence-corrected chi connectivity index (χ1v) is 13.5. The van der Waals surface area contributed by atoms with Gasteiger partial charge in [-0.15, -0.1) is 0 Å². The van der Waals surface area contributed by atoms with E-state index in [9.17, 15) is 14.4 Å². The van der Waals surface area contributed by atoms with Gasteiger partial charge in [0.05, 0.1) is 4.91 Å². The topological polar surface area (TPSA) is 71.4 Å². The number of anilines is 1. The highest BCUT2D eigenvalue weighted by atomic mass is 35.5. The molecule has 6 nitrogen and oxygen atoms in total. The molecule has 1 aliphatic rings. The van der Waals surface area contributed by atoms with E-state index >= 15 is 0 Å². The van der Waals surface area contributed by atoms with Crippen LogP contribution in [0.1, 0.15) is 11.1 Å². The number of carbonyl (C=O) groups excluding carboxylic acids is 3. The predicted octanol–water partition coefficient (Wildman–Crippen LogP) is 7.17. The highest BCUT2D eigenvalue weighted by Gasteiger charge is 2.36. The summed E-state index contributed by atoms with van der Waals surface area (Å²) in [5.74, 6) is -0.924. The number of imide groups is 1. The SMILES string of the molecule is O=C(CN1C(=O)S/C(=C/c2cn(Cc3ccccc3Cl)c3ccccc23)C1=O)Nc1cccc2ccccc12. The summed E-state index contributed by atoms with van der Waals surface area (Å²) in [5, 5.41) is 5.87. The highest BCUT2D eigenvalue weighted by molar-refractivity contribution is 8.18. The standard InChI is InChI=1S/C31H22ClN3O3S/c32-25-13-5-2-9-21(25)17-34-18-22(24-12-4-6-15-27(24)34)16-28-30(37)35(31(38)39-28)19-29(36)33-26-14-7-10-20-8-1-3-11-23(20)26/h1-16,18H,17,19H2,(H,33,36)/b28-16+. The Morgan fingerprint density at radius 1 is 0.872 bits per heavy atom. The van der Waals surface area contributed by atoms with Crippen LogP contribution >= 0.6 is 23.4 Å². The number of aromatic nitrogens is 1. The van der Waals surface area contributed by atoms with E-state index in [2.05, 4.69) is 9.88 Å². The second kappa shape index (κ2) is 10.4. The van der Waals surface area contributed by atoms with Crippen LogP contribution in [-0.4, -0.2) is 33.1 Å². The number of fused-ring (bicyclic) bond motifs is 2. The van der Waals surface area contributed by atoms with E-state index in [-0.39, 0.29) is 11.4 Å². The summed E-state index contributed by atoms with van der Waals surface area (Å²) in [4.78, 5) is 40.1. The van der Waals surface area contributed by atoms with Crippen molar-refractivity contribution < 1.29 is 14.4 Å². The number of hydrogen-bond donors (Lipinski definition) is 1. The molecular formula is C31H22ClN3O3S. The van der Waals surface area contributed by atoms with E-state index in [1.54, 1.807) is 12.1 Å². The number of thioether (sulfide) groups is 1. The monoisotopic (exact) mass is 551 g/mol. The molecule has 0 bridgehead atoms. The van der Waals surface area contributed by atoms with Crippen molar-refractivity contribution in [1.29, 1.82) is 0 Å². The summed E-state index contributed by atoms with van der Waals surface area (Å²) in [7, 11) is 0. The number of amides is 3. The molecule has 0 saturated carbocycles. The minimum absolute atomic E-state index is 0.276. The largest absolute Gasteiger partial charge is 0.342 e. The van der Waals surface area contributed by atoms with Gasteiger partial charge in [0.2, 0.25) is 5.91 Å². The Kier molecular flexibility index (Phi) is 6.69. The average molecular weight is 552 g/mol. The Labute approximate surface area is 233 Å². The number of halogens is 1. The molecule has 0 radical (unpaired) electrons. The van der Waals surface area contributed by atoms with Gasteiger partial charge in [-0.05, 0) is 47.0 Å². The fraction of sp³-hybridized carbons (Fsp3) is 0.0645. The second-order valence-corrected chi connectivity index (χ2v) is 10.6. The minimum Gasteiger partial charge on any atom is -0.342 e. The average Bonchev–Trinajstić information content (AvgIpc) is 3.42. The normalized spacial score (nSPS) is 14.6. The number of nitrogens with one attached hydrogen (secondary N) is 1. The number of rotatable bonds is 6. The summed E-state index contributed by atoms with van der Waals surface area (Å²) in [6.07, 6.45) is 3.67. The van der Waals surface area contributed by atoms with Gasteiger partial charge in [0, 0.05) is 45.3 Å². The molecule has 1 aromatic heterocycles. The maximum Gasteiger partial charge on any atom is 0.294 e. The van der Waals surface area contributed by atoms with Crippen LogP contribution in [0.2, 0.25) is 5.02 Å². The van der Waals surface area contributed by atoms with E-state index < -0.39 is 17.1 Å². The first kappa shape index (κ1) is 25.0. The molecule has 4 aromatic carbocycles. The van der Waals surface area contributed by atoms with Crippen LogP contribution in [0.4, 0.5) is 10.5 Å². The molecular weight excluding hydrogens is 530 g/mol. The fourth-order valence-corrected chi connectivity index (χ4v) is 5.80. The molecule has 8 heteroatoms. The van der Waals surface area contributed by atoms with Crippen LogP contribution in [0, 0.1) is 0 Å². The molecule has 1 aliphatic heterocycles. The molecule has 1 saturated heterocycles. The number of para-hydroxylation sites is 1. The molecule has 192 valence electrons. The van der Waals surface area contributed by atoms with Crippen molar-refractivity contribution in [2.24, 2.45) is 0 Å². The van der Waals surface area contributed by atoms with Crippen LogP contribution < -0.4 is 5.32 Å². The van der Waals surface area contributed by atoms with Gasteiger partial charge in [-0.3, -0.25) is 19.3 Å². The number of nitrogens with zero attached hydrogens (tertiary/aromatic N) is 2. The number of carbonyl (C=O) groups is 3. The lowest BCUT2D eigenvalue weighted by atomic mass is 10.1. The van der Waals surface area contributed by atoms with Gasteiger partial charge in [-0.25, -0.2) is 0 Å². The van der Waals surface area contributed by atoms with Crippen LogP contribution in [0.3, 0.4) is 0 Å². The molecule has 39 heavy (non-hydrogen) atoms. The van der Waals surface area contributed by atoms with E-state index in [1.807, 2.05) is 91.1 Å². The lowest BCUT2D eigenvalue weighted by molar-refractivity contribution is -0.127. The zero-order chi connectivity index (χ0) is 26.9. The van der Waals surface area contributed by atoms with Crippen LogP contribution in [0.25, 0.3) is 27.8 Å². The number of benzene rings is 4. The zero-order valence-electron chi connectivity index (χ0n) is 20.6. The third kappa shape index (κ3) is 4.94. The molecule has 0 atom stereocenters. The quantitative estimate of drug-likeness (QED) is 0.227. The maximum atomic E-state index is 13.2. The van der Waals surface area contributed by atoms with Gasteiger partial charge in [-0.1, -0.05) is 84.4 Å². The van der Waals surface area contributed by atoms with Crippen molar-refractivity contribution in [2.45, 2.75) is 6.54 Å². The van der Waals surface area contributed by atoms with Crippen LogP contribution in [0.15, 0.2) is 102 Å². The molecule has 2 heterocycles. The van der Waals surface area contributed by atoms with E-state index in [0.29, 0.717) is 17.3 Å². The summed E-state index contributed by atoms with van der Waals surface area (Å²) in [5.41, 5.74) is 3.40. The summed E-state index contributed by atoms with van der Waals surface area (Å²) < 4.78 is 2.07. The van der Waals surface area contributed by atoms with Gasteiger partial charge in [-0.2, -0.15) is 0 Å². The van der Waals surface area contributed by atoms with Crippen molar-refractivity contribution >= 4 is 73.9 Å². The first-order chi connectivity index (χ1) is 19.0. The van der Waals surface area contributed by atoms with Crippen molar-refractivity contribution in [3.63, 3.8) is 0 Å². The summed E-state index contributed by atoms with van der Waals surface area (Å²) in [6, 6.07) is 28.8. The molecule has 3 amide bonds. The smallest absolute Gasteiger partial charge is 0.294 e. The first-order valence-electron chi connectivity index (χ1n) is 12.3. The summed E-state index contributed by atoms with van der Waals surface area (Å²) in [6.45, 7) is 0.198. The molecule has 6 rings (SSSR count). The molecule has 0 unspecified atom stereocenters. The Morgan fingerprint density at radius 3 is 2.44 bits per heavy atom. The maximum absolute atomic E-state index is 13.2. The van der Waals surface area contributed by atoms with Crippen molar-refractivity contribution in [3.05, 3.63) is 118 Å². The fourth-order valence-electron chi connectivity index (χ4n) is 4.78. The Bertz CT molecular complexity index is 1800. The third-order valence-electron chi connectivity index (χ3n) is 6.64. The van der Waals surface area contributed by atoms with Crippen LogP contribution in [-0.2, 0) is 16.1 Å². The molecule has 1 fully saturated rings. The Morgan fingerprint density at radius 2 is 1.59 bits per heavy atom. The second-order valence-electron chi connectivity index (χ2n) is 9.16. The van der Waals surface area contributed by atoms with E-state index in [0.717, 1.165) is 49.5 Å². The van der Waals surface area contributed by atoms with Crippen molar-refractivity contribution in [1.82, 2.24) is 9.47 Å². The molecule has 0 spiro atoms. The van der Waals surface area contributed by atoms with Gasteiger partial charge in [0.15, 0.2) is 0 Å². The van der Waals surface area contributed by atoms with Gasteiger partial charge >= 0.3 is 0 Å². The van der Waals surface area contributed by atoms with E-state index in [4.69, 9.17) is 11.6 Å². The van der Waals surface area contributed by atoms with Gasteiger partial charge < -0.3 is 9.88 Å². The highest BCUT2D eigenvalue weighted by Crippen LogP contribution is 2.34. The Hall–Kier alpha value is -4.33. The van der Waals surface area contributed by atoms with Gasteiger partial charge in [0.1, 0.15) is 6.54 Å². The lowest BCUT2D eigenvalue weighted by Crippen LogP contribution is -2.36. The van der Waals surface area contributed by atoms with Crippen molar-refractivity contribution in [2.75, 3.05) is 11.9 Å². The number of hydrogen-bond acceptors (Lipinski definition) is 4. The molecule has 0 aliphatic carbocycles. The molecule has 1 N–H and O–H groups in total. The third-order valence-corrected chi connectivity index (χ3v) is 7.92. The zero-order valence-corrected chi connectivity index (χ0v) is 22.2. The Balaban J connectivity index is 1.24. The van der Waals surface area contributed by atoms with Crippen LogP contribution in [0.5, 0.6) is 0 Å².